The zero-order valence-electron chi connectivity index (χ0n) is 15.3. The summed E-state index contributed by atoms with van der Waals surface area (Å²) in [6.07, 6.45) is 2.64. The lowest BCUT2D eigenvalue weighted by molar-refractivity contribution is -0.385. The highest BCUT2D eigenvalue weighted by molar-refractivity contribution is 6.36. The predicted octanol–water partition coefficient (Wildman–Crippen LogP) is 4.50. The number of nitrogens with zero attached hydrogens (tertiary/aromatic N) is 5. The molecule has 0 bridgehead atoms. The molecule has 0 fully saturated rings. The van der Waals surface area contributed by atoms with Crippen LogP contribution >= 0.6 is 34.8 Å². The summed E-state index contributed by atoms with van der Waals surface area (Å²) in [5.74, 6) is -0.333. The van der Waals surface area contributed by atoms with Crippen molar-refractivity contribution >= 4 is 52.2 Å². The van der Waals surface area contributed by atoms with Crippen LogP contribution in [0.4, 0.5) is 11.5 Å². The maximum Gasteiger partial charge on any atom is 0.309 e. The number of rotatable bonds is 6. The van der Waals surface area contributed by atoms with Crippen LogP contribution in [0.15, 0.2) is 30.6 Å². The molecule has 0 spiro atoms. The van der Waals surface area contributed by atoms with Crippen molar-refractivity contribution in [3.63, 3.8) is 0 Å². The Hall–Kier alpha value is -2.62. The van der Waals surface area contributed by atoms with Gasteiger partial charge >= 0.3 is 5.69 Å². The molecule has 1 N–H and O–H groups in total. The van der Waals surface area contributed by atoms with Gasteiger partial charge in [-0.25, -0.2) is 0 Å². The highest BCUT2D eigenvalue weighted by Crippen LogP contribution is 2.27. The molecule has 3 rings (SSSR count). The van der Waals surface area contributed by atoms with Crippen molar-refractivity contribution in [1.82, 2.24) is 19.6 Å². The highest BCUT2D eigenvalue weighted by atomic mass is 35.5. The zero-order chi connectivity index (χ0) is 21.3. The molecule has 1 unspecified atom stereocenters. The normalized spacial score (nSPS) is 12.0. The molecule has 0 saturated carbocycles. The van der Waals surface area contributed by atoms with Gasteiger partial charge in [0.25, 0.3) is 0 Å². The van der Waals surface area contributed by atoms with Gasteiger partial charge < -0.3 is 5.32 Å². The number of carbonyl (C=O) groups is 1. The monoisotopic (exact) mass is 456 g/mol. The standard InChI is InChI=1S/C17H15Cl3N6O3/c1-9-15(26(28)29)6-21-25(9)10(2)17(27)22-16-14(20)8-24(23-16)7-11-12(18)4-3-5-13(11)19/h3-6,8,10H,7H2,1-2H3,(H,22,23,27). The molecular weight excluding hydrogens is 443 g/mol. The number of hydrogen-bond donors (Lipinski definition) is 1. The second-order valence-electron chi connectivity index (χ2n) is 6.21. The molecule has 0 aliphatic rings. The van der Waals surface area contributed by atoms with Crippen LogP contribution in [0.5, 0.6) is 0 Å². The number of amides is 1. The molecule has 2 heterocycles. The van der Waals surface area contributed by atoms with Gasteiger partial charge in [0.15, 0.2) is 5.82 Å². The fourth-order valence-corrected chi connectivity index (χ4v) is 3.44. The molecule has 9 nitrogen and oxygen atoms in total. The molecule has 0 radical (unpaired) electrons. The summed E-state index contributed by atoms with van der Waals surface area (Å²) in [5.41, 5.74) is 0.770. The highest BCUT2D eigenvalue weighted by Gasteiger charge is 2.25. The Morgan fingerprint density at radius 1 is 1.28 bits per heavy atom. The molecule has 2 aromatic heterocycles. The van der Waals surface area contributed by atoms with E-state index >= 15 is 0 Å². The first-order chi connectivity index (χ1) is 13.7. The summed E-state index contributed by atoms with van der Waals surface area (Å²) in [4.78, 5) is 23.0. The van der Waals surface area contributed by atoms with Gasteiger partial charge in [-0.2, -0.15) is 10.2 Å². The van der Waals surface area contributed by atoms with Crippen molar-refractivity contribution in [2.75, 3.05) is 5.32 Å². The lowest BCUT2D eigenvalue weighted by Crippen LogP contribution is -2.25. The van der Waals surface area contributed by atoms with E-state index in [9.17, 15) is 14.9 Å². The van der Waals surface area contributed by atoms with E-state index in [0.717, 1.165) is 6.20 Å². The Kier molecular flexibility index (Phi) is 6.11. The van der Waals surface area contributed by atoms with Crippen LogP contribution in [0.3, 0.4) is 0 Å². The van der Waals surface area contributed by atoms with Crippen LogP contribution in [-0.4, -0.2) is 30.4 Å². The molecule has 12 heteroatoms. The molecule has 152 valence electrons. The van der Waals surface area contributed by atoms with E-state index in [2.05, 4.69) is 15.5 Å². The third-order valence-corrected chi connectivity index (χ3v) is 5.29. The summed E-state index contributed by atoms with van der Waals surface area (Å²) in [7, 11) is 0. The fourth-order valence-electron chi connectivity index (χ4n) is 2.72. The Morgan fingerprint density at radius 2 is 1.93 bits per heavy atom. The average molecular weight is 458 g/mol. The van der Waals surface area contributed by atoms with Crippen LogP contribution in [0.1, 0.15) is 24.2 Å². The molecule has 29 heavy (non-hydrogen) atoms. The minimum atomic E-state index is -0.817. The molecular formula is C17H15Cl3N6O3. The minimum Gasteiger partial charge on any atom is -0.306 e. The van der Waals surface area contributed by atoms with Gasteiger partial charge in [0, 0.05) is 21.8 Å². The molecule has 0 saturated heterocycles. The molecule has 1 amide bonds. The average Bonchev–Trinajstić information content (AvgIpc) is 3.20. The van der Waals surface area contributed by atoms with Gasteiger partial charge in [-0.3, -0.25) is 24.3 Å². The molecule has 0 aliphatic carbocycles. The van der Waals surface area contributed by atoms with E-state index in [-0.39, 0.29) is 28.8 Å². The summed E-state index contributed by atoms with van der Waals surface area (Å²) in [5, 5.41) is 23.0. The van der Waals surface area contributed by atoms with Crippen LogP contribution in [0.25, 0.3) is 0 Å². The summed E-state index contributed by atoms with van der Waals surface area (Å²) in [6, 6.07) is 4.34. The van der Waals surface area contributed by atoms with Gasteiger partial charge in [-0.1, -0.05) is 40.9 Å². The maximum absolute atomic E-state index is 12.6. The minimum absolute atomic E-state index is 0.144. The van der Waals surface area contributed by atoms with Crippen LogP contribution in [0.2, 0.25) is 15.1 Å². The quantitative estimate of drug-likeness (QED) is 0.433. The Bertz CT molecular complexity index is 1070. The predicted molar refractivity (Wildman–Crippen MR) is 110 cm³/mol. The van der Waals surface area contributed by atoms with Crippen LogP contribution in [0, 0.1) is 17.0 Å². The first-order valence-corrected chi connectivity index (χ1v) is 9.47. The summed E-state index contributed by atoms with van der Waals surface area (Å²) < 4.78 is 2.77. The molecule has 1 atom stereocenters. The third-order valence-electron chi connectivity index (χ3n) is 4.30. The number of benzene rings is 1. The van der Waals surface area contributed by atoms with Gasteiger partial charge in [-0.15, -0.1) is 0 Å². The third kappa shape index (κ3) is 4.36. The van der Waals surface area contributed by atoms with E-state index in [0.29, 0.717) is 15.6 Å². The van der Waals surface area contributed by atoms with Crippen molar-refractivity contribution in [3.05, 3.63) is 67.0 Å². The second kappa shape index (κ2) is 8.40. The lowest BCUT2D eigenvalue weighted by Gasteiger charge is -2.13. The van der Waals surface area contributed by atoms with Crippen molar-refractivity contribution < 1.29 is 9.72 Å². The van der Waals surface area contributed by atoms with Gasteiger partial charge in [0.1, 0.15) is 23.0 Å². The van der Waals surface area contributed by atoms with Gasteiger partial charge in [-0.05, 0) is 26.0 Å². The number of aromatic nitrogens is 4. The molecule has 1 aromatic carbocycles. The van der Waals surface area contributed by atoms with Crippen LogP contribution in [-0.2, 0) is 11.3 Å². The van der Waals surface area contributed by atoms with Crippen molar-refractivity contribution in [1.29, 1.82) is 0 Å². The fraction of sp³-hybridized carbons (Fsp3) is 0.235. The number of nitrogens with one attached hydrogen (secondary N) is 1. The van der Waals surface area contributed by atoms with Gasteiger partial charge in [0.05, 0.1) is 11.5 Å². The first kappa shape index (κ1) is 21.1. The number of carbonyl (C=O) groups excluding carboxylic acids is 1. The van der Waals surface area contributed by atoms with Crippen molar-refractivity contribution in [3.8, 4) is 0 Å². The maximum atomic E-state index is 12.6. The van der Waals surface area contributed by atoms with E-state index in [1.165, 1.54) is 22.5 Å². The summed E-state index contributed by atoms with van der Waals surface area (Å²) in [6.45, 7) is 3.34. The molecule has 3 aromatic rings. The zero-order valence-corrected chi connectivity index (χ0v) is 17.5. The number of nitro groups is 1. The van der Waals surface area contributed by atoms with Crippen molar-refractivity contribution in [2.45, 2.75) is 26.4 Å². The van der Waals surface area contributed by atoms with E-state index in [1.807, 2.05) is 0 Å². The van der Waals surface area contributed by atoms with E-state index in [1.54, 1.807) is 25.1 Å². The second-order valence-corrected chi connectivity index (χ2v) is 7.43. The number of hydrogen-bond acceptors (Lipinski definition) is 5. The number of anilines is 1. The van der Waals surface area contributed by atoms with Crippen molar-refractivity contribution in [2.24, 2.45) is 0 Å². The Labute approximate surface area is 180 Å². The van der Waals surface area contributed by atoms with Crippen LogP contribution < -0.4 is 5.32 Å². The smallest absolute Gasteiger partial charge is 0.306 e. The lowest BCUT2D eigenvalue weighted by atomic mass is 10.2. The van der Waals surface area contributed by atoms with E-state index < -0.39 is 16.9 Å². The topological polar surface area (TPSA) is 108 Å². The van der Waals surface area contributed by atoms with Gasteiger partial charge in [0.2, 0.25) is 5.91 Å². The first-order valence-electron chi connectivity index (χ1n) is 8.34. The largest absolute Gasteiger partial charge is 0.309 e. The SMILES string of the molecule is Cc1c([N+](=O)[O-])cnn1C(C)C(=O)Nc1nn(Cc2c(Cl)cccc2Cl)cc1Cl. The Balaban J connectivity index is 1.77. The Morgan fingerprint density at radius 3 is 2.52 bits per heavy atom. The molecule has 0 aliphatic heterocycles. The van der Waals surface area contributed by atoms with E-state index in [4.69, 9.17) is 34.8 Å². The summed E-state index contributed by atoms with van der Waals surface area (Å²) >= 11 is 18.5. The number of halogens is 3.